The number of nitrogens with two attached hydrogens (primary N) is 1. The van der Waals surface area contributed by atoms with Crippen LogP contribution in [0.15, 0.2) is 36.4 Å². The van der Waals surface area contributed by atoms with Gasteiger partial charge in [-0.15, -0.1) is 0 Å². The molecule has 2 N–H and O–H groups in total. The molecule has 4 heteroatoms. The van der Waals surface area contributed by atoms with Gasteiger partial charge >= 0.3 is 0 Å². The number of rotatable bonds is 4. The van der Waals surface area contributed by atoms with E-state index in [1.54, 1.807) is 0 Å². The van der Waals surface area contributed by atoms with Crippen molar-refractivity contribution < 1.29 is 0 Å². The molecule has 2 aromatic rings. The zero-order valence-corrected chi connectivity index (χ0v) is 13.2. The van der Waals surface area contributed by atoms with Crippen molar-refractivity contribution in [1.29, 1.82) is 0 Å². The smallest absolute Gasteiger partial charge is 0.222 e. The summed E-state index contributed by atoms with van der Waals surface area (Å²) in [5.41, 5.74) is 8.16. The van der Waals surface area contributed by atoms with Gasteiger partial charge in [0, 0.05) is 24.8 Å². The number of piperidine rings is 1. The first-order valence-corrected chi connectivity index (χ1v) is 8.11. The Morgan fingerprint density at radius 1 is 1.23 bits per heavy atom. The third kappa shape index (κ3) is 3.75. The summed E-state index contributed by atoms with van der Waals surface area (Å²) in [5, 5.41) is 0. The third-order valence-electron chi connectivity index (χ3n) is 4.39. The Morgan fingerprint density at radius 3 is 2.82 bits per heavy atom. The molecule has 116 valence electrons. The zero-order valence-electron chi connectivity index (χ0n) is 13.2. The lowest BCUT2D eigenvalue weighted by Gasteiger charge is -2.33. The molecule has 4 nitrogen and oxygen atoms in total. The second kappa shape index (κ2) is 6.77. The lowest BCUT2D eigenvalue weighted by molar-refractivity contribution is 0.390. The van der Waals surface area contributed by atoms with Crippen LogP contribution in [0.5, 0.6) is 0 Å². The van der Waals surface area contributed by atoms with Crippen molar-refractivity contribution in [3.63, 3.8) is 0 Å². The highest BCUT2D eigenvalue weighted by Crippen LogP contribution is 2.25. The third-order valence-corrected chi connectivity index (χ3v) is 4.39. The Kier molecular flexibility index (Phi) is 4.56. The molecule has 0 aliphatic carbocycles. The molecule has 0 unspecified atom stereocenters. The molecule has 1 aliphatic rings. The van der Waals surface area contributed by atoms with Crippen LogP contribution < -0.4 is 10.6 Å². The summed E-state index contributed by atoms with van der Waals surface area (Å²) in [6, 6.07) is 12.8. The number of nitrogen functional groups attached to an aromatic ring is 1. The maximum absolute atomic E-state index is 5.79. The van der Waals surface area contributed by atoms with Gasteiger partial charge in [0.25, 0.3) is 0 Å². The Labute approximate surface area is 132 Å². The second-order valence-electron chi connectivity index (χ2n) is 6.20. The van der Waals surface area contributed by atoms with Crippen LogP contribution in [0.4, 0.5) is 11.8 Å². The minimum atomic E-state index is 0.376. The number of hydrogen-bond donors (Lipinski definition) is 1. The molecule has 1 atom stereocenters. The average Bonchev–Trinajstić information content (AvgIpc) is 2.53. The van der Waals surface area contributed by atoms with Crippen molar-refractivity contribution in [2.45, 2.75) is 32.6 Å². The summed E-state index contributed by atoms with van der Waals surface area (Å²) < 4.78 is 0. The van der Waals surface area contributed by atoms with Crippen LogP contribution in [0.2, 0.25) is 0 Å². The van der Waals surface area contributed by atoms with Gasteiger partial charge in [0.2, 0.25) is 5.95 Å². The van der Waals surface area contributed by atoms with E-state index >= 15 is 0 Å². The molecule has 0 spiro atoms. The molecular weight excluding hydrogens is 272 g/mol. The van der Waals surface area contributed by atoms with E-state index in [-0.39, 0.29) is 0 Å². The normalized spacial score (nSPS) is 18.4. The van der Waals surface area contributed by atoms with E-state index in [1.165, 1.54) is 24.8 Å². The molecule has 1 fully saturated rings. The number of aryl methyl sites for hydroxylation is 2. The molecule has 1 aromatic carbocycles. The highest BCUT2D eigenvalue weighted by molar-refractivity contribution is 5.43. The number of hydrogen-bond acceptors (Lipinski definition) is 4. The van der Waals surface area contributed by atoms with Gasteiger partial charge < -0.3 is 10.6 Å². The first-order valence-electron chi connectivity index (χ1n) is 8.11. The van der Waals surface area contributed by atoms with Crippen molar-refractivity contribution in [1.82, 2.24) is 9.97 Å². The first-order chi connectivity index (χ1) is 10.7. The van der Waals surface area contributed by atoms with E-state index in [0.29, 0.717) is 5.95 Å². The lowest BCUT2D eigenvalue weighted by Crippen LogP contribution is -2.36. The molecule has 1 aromatic heterocycles. The highest BCUT2D eigenvalue weighted by Gasteiger charge is 2.21. The van der Waals surface area contributed by atoms with E-state index in [2.05, 4.69) is 45.2 Å². The predicted molar refractivity (Wildman–Crippen MR) is 90.9 cm³/mol. The maximum Gasteiger partial charge on any atom is 0.222 e. The van der Waals surface area contributed by atoms with Crippen LogP contribution >= 0.6 is 0 Å². The summed E-state index contributed by atoms with van der Waals surface area (Å²) in [6.07, 6.45) is 4.93. The maximum atomic E-state index is 5.79. The van der Waals surface area contributed by atoms with Crippen LogP contribution in [0.1, 0.15) is 30.5 Å². The molecule has 1 aliphatic heterocycles. The van der Waals surface area contributed by atoms with E-state index < -0.39 is 0 Å². The van der Waals surface area contributed by atoms with Gasteiger partial charge in [0.15, 0.2) is 0 Å². The van der Waals surface area contributed by atoms with Gasteiger partial charge in [-0.25, -0.2) is 4.98 Å². The largest absolute Gasteiger partial charge is 0.368 e. The summed E-state index contributed by atoms with van der Waals surface area (Å²) in [6.45, 7) is 4.11. The summed E-state index contributed by atoms with van der Waals surface area (Å²) in [7, 11) is 0. The molecule has 2 heterocycles. The van der Waals surface area contributed by atoms with E-state index in [0.717, 1.165) is 36.9 Å². The van der Waals surface area contributed by atoms with Gasteiger partial charge in [-0.05, 0) is 44.1 Å². The van der Waals surface area contributed by atoms with Crippen molar-refractivity contribution >= 4 is 11.8 Å². The molecule has 0 saturated carbocycles. The Morgan fingerprint density at radius 2 is 2.05 bits per heavy atom. The Balaban J connectivity index is 1.61. The van der Waals surface area contributed by atoms with Gasteiger partial charge in [-0.2, -0.15) is 4.98 Å². The van der Waals surface area contributed by atoms with Crippen molar-refractivity contribution in [2.24, 2.45) is 5.92 Å². The fourth-order valence-electron chi connectivity index (χ4n) is 3.26. The fourth-order valence-corrected chi connectivity index (χ4v) is 3.26. The molecule has 22 heavy (non-hydrogen) atoms. The first kappa shape index (κ1) is 14.8. The van der Waals surface area contributed by atoms with Gasteiger partial charge in [-0.3, -0.25) is 0 Å². The number of aromatic nitrogens is 2. The van der Waals surface area contributed by atoms with E-state index in [9.17, 15) is 0 Å². The zero-order chi connectivity index (χ0) is 15.4. The molecule has 0 bridgehead atoms. The Bertz CT molecular complexity index is 591. The van der Waals surface area contributed by atoms with Crippen molar-refractivity contribution in [3.8, 4) is 0 Å². The topological polar surface area (TPSA) is 55.0 Å². The molecular formula is C18H24N4. The predicted octanol–water partition coefficient (Wildman–Crippen LogP) is 3.22. The summed E-state index contributed by atoms with van der Waals surface area (Å²) >= 11 is 0. The van der Waals surface area contributed by atoms with Crippen LogP contribution in [0.25, 0.3) is 0 Å². The molecule has 0 radical (unpaired) electrons. The second-order valence-corrected chi connectivity index (χ2v) is 6.20. The van der Waals surface area contributed by atoms with Gasteiger partial charge in [0.1, 0.15) is 5.82 Å². The van der Waals surface area contributed by atoms with E-state index in [1.807, 2.05) is 13.0 Å². The van der Waals surface area contributed by atoms with Crippen LogP contribution in [-0.2, 0) is 6.42 Å². The fraction of sp³-hybridized carbons (Fsp3) is 0.444. The standard InChI is InChI=1S/C18H24N4/c1-14-12-17(21-18(19)20-14)22-11-5-8-16(13-22)10-9-15-6-3-2-4-7-15/h2-4,6-7,12,16H,5,8-11,13H2,1H3,(H2,19,20,21)/t16-/m0/s1. The minimum Gasteiger partial charge on any atom is -0.368 e. The van der Waals surface area contributed by atoms with Crippen molar-refractivity contribution in [2.75, 3.05) is 23.7 Å². The van der Waals surface area contributed by atoms with Crippen LogP contribution in [0, 0.1) is 12.8 Å². The van der Waals surface area contributed by atoms with E-state index in [4.69, 9.17) is 5.73 Å². The number of benzene rings is 1. The summed E-state index contributed by atoms with van der Waals surface area (Å²) in [5.74, 6) is 2.08. The highest BCUT2D eigenvalue weighted by atomic mass is 15.2. The lowest BCUT2D eigenvalue weighted by atomic mass is 9.91. The molecule has 1 saturated heterocycles. The average molecular weight is 296 g/mol. The molecule has 0 amide bonds. The van der Waals surface area contributed by atoms with Crippen LogP contribution in [0.3, 0.4) is 0 Å². The minimum absolute atomic E-state index is 0.376. The number of nitrogens with zero attached hydrogens (tertiary/aromatic N) is 3. The van der Waals surface area contributed by atoms with Gasteiger partial charge in [-0.1, -0.05) is 30.3 Å². The van der Waals surface area contributed by atoms with Crippen LogP contribution in [-0.4, -0.2) is 23.1 Å². The number of anilines is 2. The molecule has 3 rings (SSSR count). The Hall–Kier alpha value is -2.10. The monoisotopic (exact) mass is 296 g/mol. The SMILES string of the molecule is Cc1cc(N2CCC[C@@H](CCc3ccccc3)C2)nc(N)n1. The quantitative estimate of drug-likeness (QED) is 0.941. The summed E-state index contributed by atoms with van der Waals surface area (Å²) in [4.78, 5) is 10.9. The van der Waals surface area contributed by atoms with Gasteiger partial charge in [0.05, 0.1) is 0 Å². The van der Waals surface area contributed by atoms with Crippen molar-refractivity contribution in [3.05, 3.63) is 47.7 Å².